The van der Waals surface area contributed by atoms with Crippen LogP contribution in [0.2, 0.25) is 0 Å². The number of hydrogen-bond donors (Lipinski definition) is 2. The van der Waals surface area contributed by atoms with Gasteiger partial charge in [-0.15, -0.1) is 0 Å². The normalized spacial score (nSPS) is 14.4. The van der Waals surface area contributed by atoms with Gasteiger partial charge in [0.15, 0.2) is 0 Å². The number of methoxy groups -OCH3 is 1. The largest absolute Gasteiger partial charge is 0.497 e. The van der Waals surface area contributed by atoms with Gasteiger partial charge in [-0.2, -0.15) is 0 Å². The van der Waals surface area contributed by atoms with Crippen LogP contribution in [-0.2, 0) is 6.54 Å². The standard InChI is InChI=1S/C19H23N3O2/c1-24-18-10-8-17(9-11-18)21-19(23)20-16-6-4-15(5-7-16)14-22-12-2-3-13-22/h4-11H,2-3,12-14H2,1H3,(H2,20,21,23). The second kappa shape index (κ2) is 7.84. The van der Waals surface area contributed by atoms with Crippen LogP contribution in [-0.4, -0.2) is 31.1 Å². The van der Waals surface area contributed by atoms with Crippen LogP contribution >= 0.6 is 0 Å². The highest BCUT2D eigenvalue weighted by molar-refractivity contribution is 5.99. The third-order valence-corrected chi connectivity index (χ3v) is 4.16. The Kier molecular flexibility index (Phi) is 5.33. The molecule has 1 fully saturated rings. The summed E-state index contributed by atoms with van der Waals surface area (Å²) in [4.78, 5) is 14.5. The molecule has 126 valence electrons. The van der Waals surface area contributed by atoms with Crippen molar-refractivity contribution in [1.29, 1.82) is 0 Å². The highest BCUT2D eigenvalue weighted by Gasteiger charge is 2.11. The van der Waals surface area contributed by atoms with Gasteiger partial charge in [0.05, 0.1) is 7.11 Å². The molecule has 0 radical (unpaired) electrons. The van der Waals surface area contributed by atoms with E-state index in [-0.39, 0.29) is 6.03 Å². The van der Waals surface area contributed by atoms with Crippen molar-refractivity contribution in [3.63, 3.8) is 0 Å². The molecule has 0 bridgehead atoms. The summed E-state index contributed by atoms with van der Waals surface area (Å²) in [6.07, 6.45) is 2.59. The van der Waals surface area contributed by atoms with E-state index in [1.54, 1.807) is 19.2 Å². The molecule has 2 aromatic rings. The van der Waals surface area contributed by atoms with Gasteiger partial charge in [0.2, 0.25) is 0 Å². The lowest BCUT2D eigenvalue weighted by atomic mass is 10.2. The van der Waals surface area contributed by atoms with Crippen LogP contribution in [0.1, 0.15) is 18.4 Å². The number of anilines is 2. The van der Waals surface area contributed by atoms with Crippen molar-refractivity contribution in [3.05, 3.63) is 54.1 Å². The Hall–Kier alpha value is -2.53. The van der Waals surface area contributed by atoms with Crippen molar-refractivity contribution in [1.82, 2.24) is 4.90 Å². The maximum atomic E-state index is 12.0. The fourth-order valence-corrected chi connectivity index (χ4v) is 2.86. The minimum Gasteiger partial charge on any atom is -0.497 e. The summed E-state index contributed by atoms with van der Waals surface area (Å²) in [7, 11) is 1.61. The van der Waals surface area contributed by atoms with E-state index in [1.807, 2.05) is 24.3 Å². The summed E-state index contributed by atoms with van der Waals surface area (Å²) in [6.45, 7) is 3.35. The molecule has 0 spiro atoms. The fourth-order valence-electron chi connectivity index (χ4n) is 2.86. The molecule has 5 nitrogen and oxygen atoms in total. The van der Waals surface area contributed by atoms with Gasteiger partial charge >= 0.3 is 6.03 Å². The van der Waals surface area contributed by atoms with Crippen LogP contribution in [0.5, 0.6) is 5.75 Å². The van der Waals surface area contributed by atoms with E-state index in [9.17, 15) is 4.79 Å². The first-order valence-electron chi connectivity index (χ1n) is 8.26. The Morgan fingerprint density at radius 1 is 0.958 bits per heavy atom. The summed E-state index contributed by atoms with van der Waals surface area (Å²) < 4.78 is 5.10. The number of rotatable bonds is 5. The van der Waals surface area contributed by atoms with Gasteiger partial charge in [-0.05, 0) is 67.9 Å². The van der Waals surface area contributed by atoms with Gasteiger partial charge in [-0.3, -0.25) is 4.90 Å². The highest BCUT2D eigenvalue weighted by Crippen LogP contribution is 2.17. The Labute approximate surface area is 142 Å². The van der Waals surface area contributed by atoms with Crippen molar-refractivity contribution in [2.24, 2.45) is 0 Å². The SMILES string of the molecule is COc1ccc(NC(=O)Nc2ccc(CN3CCCC3)cc2)cc1. The van der Waals surface area contributed by atoms with Crippen LogP contribution in [0.25, 0.3) is 0 Å². The maximum absolute atomic E-state index is 12.0. The summed E-state index contributed by atoms with van der Waals surface area (Å²) in [5, 5.41) is 5.65. The number of hydrogen-bond acceptors (Lipinski definition) is 3. The maximum Gasteiger partial charge on any atom is 0.323 e. The summed E-state index contributed by atoms with van der Waals surface area (Å²) >= 11 is 0. The number of amides is 2. The lowest BCUT2D eigenvalue weighted by Crippen LogP contribution is -2.20. The Morgan fingerprint density at radius 2 is 1.50 bits per heavy atom. The summed E-state index contributed by atoms with van der Waals surface area (Å²) in [5.41, 5.74) is 2.78. The molecule has 0 aromatic heterocycles. The first-order valence-corrected chi connectivity index (χ1v) is 8.26. The van der Waals surface area contributed by atoms with Crippen molar-refractivity contribution in [2.45, 2.75) is 19.4 Å². The van der Waals surface area contributed by atoms with E-state index in [0.717, 1.165) is 23.7 Å². The van der Waals surface area contributed by atoms with Gasteiger partial charge in [0.1, 0.15) is 5.75 Å². The predicted octanol–water partition coefficient (Wildman–Crippen LogP) is 3.94. The van der Waals surface area contributed by atoms with Crippen LogP contribution in [0, 0.1) is 0 Å². The average Bonchev–Trinajstić information content (AvgIpc) is 3.10. The minimum atomic E-state index is -0.257. The molecule has 24 heavy (non-hydrogen) atoms. The van der Waals surface area contributed by atoms with Gasteiger partial charge in [-0.1, -0.05) is 12.1 Å². The molecule has 0 saturated carbocycles. The topological polar surface area (TPSA) is 53.6 Å². The summed E-state index contributed by atoms with van der Waals surface area (Å²) in [6, 6.07) is 15.0. The van der Waals surface area contributed by atoms with E-state index in [2.05, 4.69) is 27.7 Å². The van der Waals surface area contributed by atoms with Crippen molar-refractivity contribution in [2.75, 3.05) is 30.8 Å². The zero-order valence-corrected chi connectivity index (χ0v) is 13.9. The van der Waals surface area contributed by atoms with Gasteiger partial charge in [0.25, 0.3) is 0 Å². The van der Waals surface area contributed by atoms with E-state index in [4.69, 9.17) is 4.74 Å². The third kappa shape index (κ3) is 4.49. The third-order valence-electron chi connectivity index (χ3n) is 4.16. The number of carbonyl (C=O) groups excluding carboxylic acids is 1. The van der Waals surface area contributed by atoms with E-state index < -0.39 is 0 Å². The Bertz CT molecular complexity index is 662. The van der Waals surface area contributed by atoms with Crippen molar-refractivity contribution >= 4 is 17.4 Å². The molecule has 1 heterocycles. The number of likely N-dealkylation sites (tertiary alicyclic amines) is 1. The van der Waals surface area contributed by atoms with E-state index in [1.165, 1.54) is 31.5 Å². The molecule has 0 unspecified atom stereocenters. The quantitative estimate of drug-likeness (QED) is 0.875. The van der Waals surface area contributed by atoms with Crippen LogP contribution in [0.3, 0.4) is 0 Å². The zero-order valence-electron chi connectivity index (χ0n) is 13.9. The van der Waals surface area contributed by atoms with E-state index >= 15 is 0 Å². The summed E-state index contributed by atoms with van der Waals surface area (Å²) in [5.74, 6) is 0.759. The molecule has 1 aliphatic rings. The van der Waals surface area contributed by atoms with Crippen LogP contribution in [0.15, 0.2) is 48.5 Å². The molecule has 0 atom stereocenters. The second-order valence-electron chi connectivity index (χ2n) is 5.99. The molecule has 1 aliphatic heterocycles. The Balaban J connectivity index is 1.51. The first kappa shape index (κ1) is 16.3. The molecule has 2 amide bonds. The van der Waals surface area contributed by atoms with Gasteiger partial charge in [-0.25, -0.2) is 4.79 Å². The number of carbonyl (C=O) groups is 1. The molecule has 3 rings (SSSR count). The number of nitrogens with zero attached hydrogens (tertiary/aromatic N) is 1. The number of benzene rings is 2. The molecule has 0 aliphatic carbocycles. The number of urea groups is 1. The van der Waals surface area contributed by atoms with Crippen LogP contribution in [0.4, 0.5) is 16.2 Å². The smallest absolute Gasteiger partial charge is 0.323 e. The highest BCUT2D eigenvalue weighted by atomic mass is 16.5. The number of nitrogens with one attached hydrogen (secondary N) is 2. The van der Waals surface area contributed by atoms with Gasteiger partial charge < -0.3 is 15.4 Å². The number of ether oxygens (including phenoxy) is 1. The molecular formula is C19H23N3O2. The Morgan fingerprint density at radius 3 is 2.04 bits per heavy atom. The fraction of sp³-hybridized carbons (Fsp3) is 0.316. The minimum absolute atomic E-state index is 0.257. The monoisotopic (exact) mass is 325 g/mol. The average molecular weight is 325 g/mol. The lowest BCUT2D eigenvalue weighted by Gasteiger charge is -2.15. The lowest BCUT2D eigenvalue weighted by molar-refractivity contribution is 0.262. The van der Waals surface area contributed by atoms with Crippen LogP contribution < -0.4 is 15.4 Å². The molecule has 2 aromatic carbocycles. The molecular weight excluding hydrogens is 302 g/mol. The van der Waals surface area contributed by atoms with Gasteiger partial charge in [0, 0.05) is 17.9 Å². The predicted molar refractivity (Wildman–Crippen MR) is 96.6 cm³/mol. The zero-order chi connectivity index (χ0) is 16.8. The second-order valence-corrected chi connectivity index (χ2v) is 5.99. The molecule has 5 heteroatoms. The molecule has 2 N–H and O–H groups in total. The van der Waals surface area contributed by atoms with E-state index in [0.29, 0.717) is 0 Å². The molecule has 1 saturated heterocycles. The first-order chi connectivity index (χ1) is 11.7. The van der Waals surface area contributed by atoms with Crippen molar-refractivity contribution in [3.8, 4) is 5.75 Å². The van der Waals surface area contributed by atoms with Crippen molar-refractivity contribution < 1.29 is 9.53 Å².